The molecule has 0 bridgehead atoms. The Hall–Kier alpha value is -4.36. The third kappa shape index (κ3) is 4.93. The minimum atomic E-state index is -0.127. The van der Waals surface area contributed by atoms with Crippen LogP contribution in [0.1, 0.15) is 29.2 Å². The summed E-state index contributed by atoms with van der Waals surface area (Å²) in [4.78, 5) is 22.1. The first-order chi connectivity index (χ1) is 18.5. The molecule has 2 aliphatic heterocycles. The lowest BCUT2D eigenvalue weighted by molar-refractivity contribution is 0.122. The van der Waals surface area contributed by atoms with Gasteiger partial charge in [0.1, 0.15) is 11.5 Å². The van der Waals surface area contributed by atoms with E-state index in [2.05, 4.69) is 45.0 Å². The summed E-state index contributed by atoms with van der Waals surface area (Å²) in [6.07, 6.45) is 4.45. The van der Waals surface area contributed by atoms with E-state index in [1.165, 1.54) is 0 Å². The van der Waals surface area contributed by atoms with Crippen LogP contribution in [0.2, 0.25) is 0 Å². The van der Waals surface area contributed by atoms with Crippen molar-refractivity contribution in [3.05, 3.63) is 106 Å². The molecule has 2 N–H and O–H groups in total. The second-order valence-electron chi connectivity index (χ2n) is 9.83. The van der Waals surface area contributed by atoms with Crippen LogP contribution in [0.5, 0.6) is 11.5 Å². The molecule has 0 atom stereocenters. The van der Waals surface area contributed by atoms with Crippen molar-refractivity contribution in [1.29, 1.82) is 0 Å². The average Bonchev–Trinajstić information content (AvgIpc) is 2.95. The minimum Gasteiger partial charge on any atom is -0.456 e. The maximum Gasteiger partial charge on any atom is 0.250 e. The number of benzene rings is 2. The third-order valence-corrected chi connectivity index (χ3v) is 7.03. The fourth-order valence-corrected chi connectivity index (χ4v) is 5.00. The number of rotatable bonds is 6. The molecule has 0 aliphatic carbocycles. The first-order valence-corrected chi connectivity index (χ1v) is 12.9. The number of hydrogen-bond acceptors (Lipinski definition) is 6. The lowest BCUT2D eigenvalue weighted by atomic mass is 9.96. The van der Waals surface area contributed by atoms with Crippen LogP contribution < -0.4 is 20.5 Å². The first kappa shape index (κ1) is 24.0. The van der Waals surface area contributed by atoms with Gasteiger partial charge in [-0.2, -0.15) is 0 Å². The third-order valence-electron chi connectivity index (χ3n) is 7.03. The number of allylic oxidation sites excluding steroid dienone is 1. The lowest BCUT2D eigenvalue weighted by Gasteiger charge is -2.29. The van der Waals surface area contributed by atoms with Gasteiger partial charge in [-0.3, -0.25) is 9.78 Å². The molecule has 0 spiro atoms. The number of hydrogen-bond donors (Lipinski definition) is 2. The van der Waals surface area contributed by atoms with Gasteiger partial charge in [0.25, 0.3) is 0 Å². The SMILES string of the molecule is C=C(C)c1cncc(CNc2ccc3c(c2)Cc2cccc(-c4cc(N5CCOCC5)cc(=O)[nH]4)c2O3)c1. The van der Waals surface area contributed by atoms with Crippen LogP contribution >= 0.6 is 0 Å². The van der Waals surface area contributed by atoms with Crippen LogP contribution in [0.15, 0.2) is 78.4 Å². The summed E-state index contributed by atoms with van der Waals surface area (Å²) in [6, 6.07) is 18.1. The number of fused-ring (bicyclic) bond motifs is 2. The van der Waals surface area contributed by atoms with Gasteiger partial charge >= 0.3 is 0 Å². The summed E-state index contributed by atoms with van der Waals surface area (Å²) in [5.74, 6) is 1.62. The molecule has 1 saturated heterocycles. The van der Waals surface area contributed by atoms with Crippen LogP contribution in [-0.4, -0.2) is 36.3 Å². The van der Waals surface area contributed by atoms with Crippen molar-refractivity contribution in [1.82, 2.24) is 9.97 Å². The van der Waals surface area contributed by atoms with Gasteiger partial charge in [0, 0.05) is 67.0 Å². The Morgan fingerprint density at radius 2 is 1.95 bits per heavy atom. The number of aromatic nitrogens is 2. The summed E-state index contributed by atoms with van der Waals surface area (Å²) in [5.41, 5.74) is 8.78. The number of pyridine rings is 2. The summed E-state index contributed by atoms with van der Waals surface area (Å²) < 4.78 is 11.9. The molecule has 0 saturated carbocycles. The number of nitrogens with zero attached hydrogens (tertiary/aromatic N) is 2. The highest BCUT2D eigenvalue weighted by Crippen LogP contribution is 2.43. The Balaban J connectivity index is 1.24. The predicted molar refractivity (Wildman–Crippen MR) is 151 cm³/mol. The van der Waals surface area contributed by atoms with Crippen molar-refractivity contribution in [2.24, 2.45) is 0 Å². The molecular weight excluding hydrogens is 476 g/mol. The van der Waals surface area contributed by atoms with Gasteiger partial charge in [-0.15, -0.1) is 0 Å². The van der Waals surface area contributed by atoms with Gasteiger partial charge in [-0.1, -0.05) is 18.7 Å². The van der Waals surface area contributed by atoms with Crippen molar-refractivity contribution in [2.45, 2.75) is 19.9 Å². The molecule has 192 valence electrons. The molecule has 6 rings (SSSR count). The highest BCUT2D eigenvalue weighted by molar-refractivity contribution is 5.74. The normalized spacial score (nSPS) is 14.3. The second-order valence-corrected chi connectivity index (χ2v) is 9.83. The topological polar surface area (TPSA) is 79.5 Å². The van der Waals surface area contributed by atoms with E-state index < -0.39 is 0 Å². The van der Waals surface area contributed by atoms with Crippen molar-refractivity contribution in [3.63, 3.8) is 0 Å². The molecule has 2 aliphatic rings. The highest BCUT2D eigenvalue weighted by Gasteiger charge is 2.22. The monoisotopic (exact) mass is 506 g/mol. The number of para-hydroxylation sites is 1. The molecule has 1 fully saturated rings. The van der Waals surface area contributed by atoms with E-state index >= 15 is 0 Å². The van der Waals surface area contributed by atoms with E-state index in [1.807, 2.05) is 49.6 Å². The average molecular weight is 507 g/mol. The number of aromatic amines is 1. The van der Waals surface area contributed by atoms with E-state index in [4.69, 9.17) is 9.47 Å². The molecular formula is C31H30N4O3. The van der Waals surface area contributed by atoms with Crippen molar-refractivity contribution in [2.75, 3.05) is 36.5 Å². The quantitative estimate of drug-likeness (QED) is 0.311. The number of anilines is 2. The summed E-state index contributed by atoms with van der Waals surface area (Å²) in [7, 11) is 0. The molecule has 4 aromatic rings. The Bertz CT molecular complexity index is 1570. The Morgan fingerprint density at radius 1 is 1.08 bits per heavy atom. The first-order valence-electron chi connectivity index (χ1n) is 12.9. The van der Waals surface area contributed by atoms with E-state index in [0.717, 1.165) is 81.5 Å². The van der Waals surface area contributed by atoms with Crippen molar-refractivity contribution in [3.8, 4) is 22.8 Å². The molecule has 2 aromatic heterocycles. The molecule has 7 heteroatoms. The number of H-pyrrole nitrogens is 1. The maximum atomic E-state index is 12.6. The van der Waals surface area contributed by atoms with Crippen molar-refractivity contribution >= 4 is 16.9 Å². The van der Waals surface area contributed by atoms with E-state index in [0.29, 0.717) is 19.8 Å². The number of morpholine rings is 1. The predicted octanol–water partition coefficient (Wildman–Crippen LogP) is 5.62. The van der Waals surface area contributed by atoms with Gasteiger partial charge in [0.2, 0.25) is 5.56 Å². The highest BCUT2D eigenvalue weighted by atomic mass is 16.5. The molecule has 38 heavy (non-hydrogen) atoms. The Kier molecular flexibility index (Phi) is 6.43. The summed E-state index contributed by atoms with van der Waals surface area (Å²) >= 11 is 0. The minimum absolute atomic E-state index is 0.127. The Morgan fingerprint density at radius 3 is 2.79 bits per heavy atom. The zero-order valence-corrected chi connectivity index (χ0v) is 21.4. The molecule has 4 heterocycles. The van der Waals surface area contributed by atoms with Crippen LogP contribution in [0.25, 0.3) is 16.8 Å². The van der Waals surface area contributed by atoms with Crippen LogP contribution in [0.3, 0.4) is 0 Å². The second kappa shape index (κ2) is 10.2. The van der Waals surface area contributed by atoms with Gasteiger partial charge in [0.05, 0.1) is 18.9 Å². The number of ether oxygens (including phenoxy) is 2. The smallest absolute Gasteiger partial charge is 0.250 e. The summed E-state index contributed by atoms with van der Waals surface area (Å²) in [5, 5.41) is 3.50. The number of nitrogens with one attached hydrogen (secondary N) is 2. The zero-order chi connectivity index (χ0) is 26.1. The van der Waals surface area contributed by atoms with Crippen LogP contribution in [-0.2, 0) is 17.7 Å². The molecule has 7 nitrogen and oxygen atoms in total. The van der Waals surface area contributed by atoms with Gasteiger partial charge in [-0.05, 0) is 65.6 Å². The fraction of sp³-hybridized carbons (Fsp3) is 0.226. The molecule has 2 aromatic carbocycles. The van der Waals surface area contributed by atoms with Gasteiger partial charge in [0.15, 0.2) is 0 Å². The molecule has 0 amide bonds. The maximum absolute atomic E-state index is 12.6. The molecule has 0 unspecified atom stereocenters. The largest absolute Gasteiger partial charge is 0.456 e. The lowest BCUT2D eigenvalue weighted by Crippen LogP contribution is -2.36. The van der Waals surface area contributed by atoms with E-state index in [1.54, 1.807) is 6.07 Å². The Labute approximate surface area is 221 Å². The van der Waals surface area contributed by atoms with Crippen LogP contribution in [0, 0.1) is 0 Å². The van der Waals surface area contributed by atoms with E-state index in [9.17, 15) is 4.79 Å². The molecule has 0 radical (unpaired) electrons. The van der Waals surface area contributed by atoms with Crippen molar-refractivity contribution < 1.29 is 9.47 Å². The standard InChI is InChI=1S/C31H30N4O3/c1-20(2)24-12-21(17-32-19-24)18-33-25-6-7-29-23(14-25)13-22-4-3-5-27(31(22)38-29)28-15-26(16-30(36)34-28)35-8-10-37-11-9-35/h3-7,12,14-17,19,33H,1,8-11,13,18H2,2H3,(H,34,36). The zero-order valence-electron chi connectivity index (χ0n) is 21.4. The summed E-state index contributed by atoms with van der Waals surface area (Å²) in [6.45, 7) is 9.53. The van der Waals surface area contributed by atoms with Crippen LogP contribution in [0.4, 0.5) is 11.4 Å². The van der Waals surface area contributed by atoms with Gasteiger partial charge in [-0.25, -0.2) is 0 Å². The fourth-order valence-electron chi connectivity index (χ4n) is 5.00. The van der Waals surface area contributed by atoms with Gasteiger partial charge < -0.3 is 24.7 Å². The van der Waals surface area contributed by atoms with E-state index in [-0.39, 0.29) is 5.56 Å².